The number of nitrogens with zero attached hydrogens (tertiary/aromatic N) is 1. The van der Waals surface area contributed by atoms with E-state index in [2.05, 4.69) is 14.9 Å². The zero-order valence-corrected chi connectivity index (χ0v) is 11.9. The van der Waals surface area contributed by atoms with Crippen LogP contribution < -0.4 is 10.3 Å². The Morgan fingerprint density at radius 1 is 1.15 bits per heavy atom. The van der Waals surface area contributed by atoms with Gasteiger partial charge in [0, 0.05) is 11.9 Å². The largest absolute Gasteiger partial charge is 0.268 e. The maximum Gasteiger partial charge on any atom is 0.264 e. The maximum absolute atomic E-state index is 12.1. The van der Waals surface area contributed by atoms with E-state index >= 15 is 0 Å². The van der Waals surface area contributed by atoms with E-state index in [1.807, 2.05) is 0 Å². The van der Waals surface area contributed by atoms with Crippen molar-refractivity contribution < 1.29 is 8.42 Å². The van der Waals surface area contributed by atoms with Gasteiger partial charge in [-0.1, -0.05) is 12.1 Å². The summed E-state index contributed by atoms with van der Waals surface area (Å²) in [5, 5.41) is 5.74. The minimum Gasteiger partial charge on any atom is -0.268 e. The molecule has 2 N–H and O–H groups in total. The lowest BCUT2D eigenvalue weighted by Gasteiger charge is -2.07. The number of anilines is 1. The standard InChI is InChI=1S/C12H12ClN3O3S/c13-8-7-9-1-3-10(4-2-9)20(18,19)16-11-5-6-12(17)15-14-11/h1-6H,7-8H2,(H,14,16)(H,15,17). The highest BCUT2D eigenvalue weighted by molar-refractivity contribution is 7.92. The number of hydrogen-bond acceptors (Lipinski definition) is 4. The van der Waals surface area contributed by atoms with E-state index in [0.29, 0.717) is 12.3 Å². The van der Waals surface area contributed by atoms with Crippen molar-refractivity contribution in [3.63, 3.8) is 0 Å². The van der Waals surface area contributed by atoms with E-state index in [-0.39, 0.29) is 10.7 Å². The molecule has 0 aliphatic rings. The Hall–Kier alpha value is -1.86. The van der Waals surface area contributed by atoms with Crippen molar-refractivity contribution in [3.8, 4) is 0 Å². The number of hydrogen-bond donors (Lipinski definition) is 2. The monoisotopic (exact) mass is 313 g/mol. The lowest BCUT2D eigenvalue weighted by molar-refractivity contribution is 0.601. The number of aromatic amines is 1. The Morgan fingerprint density at radius 3 is 2.40 bits per heavy atom. The molecule has 6 nitrogen and oxygen atoms in total. The normalized spacial score (nSPS) is 11.2. The zero-order chi connectivity index (χ0) is 14.6. The van der Waals surface area contributed by atoms with Gasteiger partial charge in [0.25, 0.3) is 15.6 Å². The second kappa shape index (κ2) is 6.06. The number of aromatic nitrogens is 2. The van der Waals surface area contributed by atoms with E-state index in [0.717, 1.165) is 5.56 Å². The van der Waals surface area contributed by atoms with Crippen LogP contribution in [0.4, 0.5) is 5.82 Å². The van der Waals surface area contributed by atoms with Crippen molar-refractivity contribution >= 4 is 27.4 Å². The van der Waals surface area contributed by atoms with Crippen LogP contribution in [0.1, 0.15) is 5.56 Å². The number of sulfonamides is 1. The minimum absolute atomic E-state index is 0.0504. The average Bonchev–Trinajstić information content (AvgIpc) is 2.42. The Bertz CT molecular complexity index is 721. The molecule has 20 heavy (non-hydrogen) atoms. The SMILES string of the molecule is O=c1ccc(NS(=O)(=O)c2ccc(CCCl)cc2)n[nH]1. The quantitative estimate of drug-likeness (QED) is 0.815. The Labute approximate surface area is 120 Å². The smallest absolute Gasteiger partial charge is 0.264 e. The molecule has 2 aromatic rings. The second-order valence-electron chi connectivity index (χ2n) is 3.99. The summed E-state index contributed by atoms with van der Waals surface area (Å²) in [5.74, 6) is 0.528. The highest BCUT2D eigenvalue weighted by atomic mass is 35.5. The molecule has 0 amide bonds. The summed E-state index contributed by atoms with van der Waals surface area (Å²) < 4.78 is 26.5. The van der Waals surface area contributed by atoms with Crippen LogP contribution in [0, 0.1) is 0 Å². The lowest BCUT2D eigenvalue weighted by atomic mass is 10.2. The van der Waals surface area contributed by atoms with Crippen molar-refractivity contribution in [2.75, 3.05) is 10.6 Å². The Morgan fingerprint density at radius 2 is 1.85 bits per heavy atom. The first kappa shape index (κ1) is 14.5. The highest BCUT2D eigenvalue weighted by Gasteiger charge is 2.14. The Balaban J connectivity index is 2.21. The predicted octanol–water partition coefficient (Wildman–Crippen LogP) is 1.35. The third-order valence-corrected chi connectivity index (χ3v) is 4.09. The first-order chi connectivity index (χ1) is 9.51. The molecule has 0 atom stereocenters. The van der Waals surface area contributed by atoms with Gasteiger partial charge in [-0.3, -0.25) is 9.52 Å². The fourth-order valence-corrected chi connectivity index (χ4v) is 2.76. The highest BCUT2D eigenvalue weighted by Crippen LogP contribution is 2.14. The molecule has 1 heterocycles. The van der Waals surface area contributed by atoms with E-state index in [1.165, 1.54) is 24.3 Å². The van der Waals surface area contributed by atoms with Gasteiger partial charge in [-0.25, -0.2) is 13.5 Å². The summed E-state index contributed by atoms with van der Waals surface area (Å²) >= 11 is 5.62. The number of halogens is 1. The van der Waals surface area contributed by atoms with E-state index in [9.17, 15) is 13.2 Å². The van der Waals surface area contributed by atoms with Gasteiger partial charge >= 0.3 is 0 Å². The molecule has 1 aromatic carbocycles. The number of benzene rings is 1. The van der Waals surface area contributed by atoms with Gasteiger partial charge in [0.2, 0.25) is 0 Å². The molecule has 0 saturated carbocycles. The first-order valence-electron chi connectivity index (χ1n) is 5.75. The molecule has 0 radical (unpaired) electrons. The molecule has 2 rings (SSSR count). The molecule has 8 heteroatoms. The first-order valence-corrected chi connectivity index (χ1v) is 7.76. The number of alkyl halides is 1. The zero-order valence-electron chi connectivity index (χ0n) is 10.3. The third kappa shape index (κ3) is 3.58. The van der Waals surface area contributed by atoms with Crippen LogP contribution in [-0.4, -0.2) is 24.5 Å². The molecule has 0 aliphatic carbocycles. The van der Waals surface area contributed by atoms with Gasteiger partial charge in [-0.2, -0.15) is 5.10 Å². The Kier molecular flexibility index (Phi) is 4.41. The van der Waals surface area contributed by atoms with Crippen molar-refractivity contribution in [2.45, 2.75) is 11.3 Å². The number of H-pyrrole nitrogens is 1. The summed E-state index contributed by atoms with van der Waals surface area (Å²) in [6, 6.07) is 8.88. The average molecular weight is 314 g/mol. The number of aryl methyl sites for hydroxylation is 1. The lowest BCUT2D eigenvalue weighted by Crippen LogP contribution is -2.16. The van der Waals surface area contributed by atoms with Gasteiger partial charge < -0.3 is 0 Å². The van der Waals surface area contributed by atoms with Gasteiger partial charge in [-0.05, 0) is 30.2 Å². The van der Waals surface area contributed by atoms with E-state index < -0.39 is 15.6 Å². The molecule has 0 fully saturated rings. The van der Waals surface area contributed by atoms with E-state index in [4.69, 9.17) is 11.6 Å². The fourth-order valence-electron chi connectivity index (χ4n) is 1.54. The van der Waals surface area contributed by atoms with Gasteiger partial charge in [0.05, 0.1) is 4.90 Å². The van der Waals surface area contributed by atoms with Crippen molar-refractivity contribution in [1.29, 1.82) is 0 Å². The van der Waals surface area contributed by atoms with Crippen LogP contribution in [0.3, 0.4) is 0 Å². The third-order valence-electron chi connectivity index (χ3n) is 2.53. The fraction of sp³-hybridized carbons (Fsp3) is 0.167. The molecule has 1 aromatic heterocycles. The molecule has 0 aliphatic heterocycles. The molecule has 0 spiro atoms. The predicted molar refractivity (Wildman–Crippen MR) is 76.5 cm³/mol. The van der Waals surface area contributed by atoms with Gasteiger partial charge in [0.15, 0.2) is 5.82 Å². The summed E-state index contributed by atoms with van der Waals surface area (Å²) in [6.07, 6.45) is 0.677. The number of nitrogens with one attached hydrogen (secondary N) is 2. The van der Waals surface area contributed by atoms with Crippen LogP contribution in [0.2, 0.25) is 0 Å². The van der Waals surface area contributed by atoms with Crippen LogP contribution in [-0.2, 0) is 16.4 Å². The van der Waals surface area contributed by atoms with Gasteiger partial charge in [0.1, 0.15) is 0 Å². The summed E-state index contributed by atoms with van der Waals surface area (Å²) in [7, 11) is -3.73. The topological polar surface area (TPSA) is 91.9 Å². The van der Waals surface area contributed by atoms with Crippen molar-refractivity contribution in [3.05, 3.63) is 52.3 Å². The summed E-state index contributed by atoms with van der Waals surface area (Å²) in [4.78, 5) is 11.0. The molecule has 0 unspecified atom stereocenters. The summed E-state index contributed by atoms with van der Waals surface area (Å²) in [6.45, 7) is 0. The van der Waals surface area contributed by atoms with Crippen LogP contribution >= 0.6 is 11.6 Å². The van der Waals surface area contributed by atoms with Crippen LogP contribution in [0.15, 0.2) is 46.1 Å². The summed E-state index contributed by atoms with van der Waals surface area (Å²) in [5.41, 5.74) is 0.555. The van der Waals surface area contributed by atoms with Gasteiger partial charge in [-0.15, -0.1) is 11.6 Å². The van der Waals surface area contributed by atoms with Crippen LogP contribution in [0.5, 0.6) is 0 Å². The maximum atomic E-state index is 12.1. The van der Waals surface area contributed by atoms with Crippen molar-refractivity contribution in [1.82, 2.24) is 10.2 Å². The molecule has 0 saturated heterocycles. The molecular formula is C12H12ClN3O3S. The van der Waals surface area contributed by atoms with Crippen molar-refractivity contribution in [2.24, 2.45) is 0 Å². The molecule has 106 valence electrons. The molecular weight excluding hydrogens is 302 g/mol. The molecule has 0 bridgehead atoms. The minimum atomic E-state index is -3.73. The van der Waals surface area contributed by atoms with Crippen LogP contribution in [0.25, 0.3) is 0 Å². The second-order valence-corrected chi connectivity index (χ2v) is 6.06. The number of rotatable bonds is 5. The van der Waals surface area contributed by atoms with E-state index in [1.54, 1.807) is 12.1 Å².